The molecule has 2 N–H and O–H groups in total. The lowest BCUT2D eigenvalue weighted by molar-refractivity contribution is 0.399. The minimum Gasteiger partial charge on any atom is -0.508 e. The lowest BCUT2D eigenvalue weighted by Gasteiger charge is -2.21. The molecule has 0 fully saturated rings. The van der Waals surface area contributed by atoms with Gasteiger partial charge in [0.25, 0.3) is 0 Å². The van der Waals surface area contributed by atoms with Crippen LogP contribution >= 0.6 is 0 Å². The van der Waals surface area contributed by atoms with E-state index in [4.69, 9.17) is 0 Å². The van der Waals surface area contributed by atoms with Crippen LogP contribution in [0, 0.1) is 6.92 Å². The molecule has 0 aliphatic rings. The van der Waals surface area contributed by atoms with E-state index in [0.29, 0.717) is 5.75 Å². The predicted octanol–water partition coefficient (Wildman–Crippen LogP) is 2.64. The fraction of sp³-hybridized carbons (Fsp3) is 0.400. The van der Waals surface area contributed by atoms with E-state index in [1.54, 1.807) is 12.3 Å². The molecule has 2 unspecified atom stereocenters. The Labute approximate surface area is 114 Å². The maximum absolute atomic E-state index is 9.92. The largest absolute Gasteiger partial charge is 0.508 e. The summed E-state index contributed by atoms with van der Waals surface area (Å²) >= 11 is 0. The van der Waals surface area contributed by atoms with Crippen LogP contribution in [-0.2, 0) is 6.54 Å². The summed E-state index contributed by atoms with van der Waals surface area (Å²) in [5.74, 6) is 0.344. The van der Waals surface area contributed by atoms with Gasteiger partial charge in [0.2, 0.25) is 0 Å². The molecule has 4 heteroatoms. The Kier molecular flexibility index (Phi) is 4.22. The Morgan fingerprint density at radius 1 is 1.37 bits per heavy atom. The number of benzene rings is 1. The van der Waals surface area contributed by atoms with Crippen molar-refractivity contribution in [2.45, 2.75) is 39.4 Å². The van der Waals surface area contributed by atoms with Gasteiger partial charge < -0.3 is 10.4 Å². The van der Waals surface area contributed by atoms with Gasteiger partial charge in [-0.15, -0.1) is 0 Å². The zero-order chi connectivity index (χ0) is 13.8. The van der Waals surface area contributed by atoms with Gasteiger partial charge in [-0.05, 0) is 32.9 Å². The maximum Gasteiger partial charge on any atom is 0.120 e. The van der Waals surface area contributed by atoms with Gasteiger partial charge in [-0.3, -0.25) is 4.68 Å². The van der Waals surface area contributed by atoms with Crippen LogP contribution in [0.15, 0.2) is 36.7 Å². The highest BCUT2D eigenvalue weighted by Crippen LogP contribution is 2.25. The molecule has 0 aliphatic carbocycles. The molecule has 1 aromatic carbocycles. The first kappa shape index (κ1) is 13.6. The van der Waals surface area contributed by atoms with Crippen molar-refractivity contribution in [2.24, 2.45) is 0 Å². The topological polar surface area (TPSA) is 50.1 Å². The Morgan fingerprint density at radius 3 is 2.84 bits per heavy atom. The zero-order valence-electron chi connectivity index (χ0n) is 11.7. The van der Waals surface area contributed by atoms with E-state index >= 15 is 0 Å². The van der Waals surface area contributed by atoms with Crippen LogP contribution in [-0.4, -0.2) is 20.9 Å². The molecule has 102 valence electrons. The molecule has 4 nitrogen and oxygen atoms in total. The SMILES string of the molecule is Cc1ccc(O)c(C(C)NC(C)Cn2cccn2)c1. The predicted molar refractivity (Wildman–Crippen MR) is 76.1 cm³/mol. The van der Waals surface area contributed by atoms with Crippen LogP contribution in [0.1, 0.15) is 31.0 Å². The van der Waals surface area contributed by atoms with E-state index in [0.717, 1.165) is 17.7 Å². The number of nitrogens with zero attached hydrogens (tertiary/aromatic N) is 2. The molecule has 2 atom stereocenters. The van der Waals surface area contributed by atoms with Crippen LogP contribution in [0.5, 0.6) is 5.75 Å². The van der Waals surface area contributed by atoms with Crippen molar-refractivity contribution in [3.63, 3.8) is 0 Å². The van der Waals surface area contributed by atoms with Crippen LogP contribution in [0.3, 0.4) is 0 Å². The average Bonchev–Trinajstić information content (AvgIpc) is 2.84. The van der Waals surface area contributed by atoms with Crippen LogP contribution in [0.2, 0.25) is 0 Å². The third kappa shape index (κ3) is 3.58. The number of hydrogen-bond acceptors (Lipinski definition) is 3. The Morgan fingerprint density at radius 2 is 2.16 bits per heavy atom. The normalized spacial score (nSPS) is 14.3. The lowest BCUT2D eigenvalue weighted by Crippen LogP contribution is -2.32. The highest BCUT2D eigenvalue weighted by molar-refractivity contribution is 5.37. The van der Waals surface area contributed by atoms with Crippen molar-refractivity contribution >= 4 is 0 Å². The van der Waals surface area contributed by atoms with E-state index < -0.39 is 0 Å². The van der Waals surface area contributed by atoms with Gasteiger partial charge in [0, 0.05) is 30.0 Å². The van der Waals surface area contributed by atoms with Crippen LogP contribution in [0.4, 0.5) is 0 Å². The number of nitrogens with one attached hydrogen (secondary N) is 1. The molecule has 19 heavy (non-hydrogen) atoms. The van der Waals surface area contributed by atoms with Crippen molar-refractivity contribution in [1.82, 2.24) is 15.1 Å². The second-order valence-electron chi connectivity index (χ2n) is 5.08. The summed E-state index contributed by atoms with van der Waals surface area (Å²) in [7, 11) is 0. The highest BCUT2D eigenvalue weighted by atomic mass is 16.3. The average molecular weight is 259 g/mol. The van der Waals surface area contributed by atoms with Crippen LogP contribution in [0.25, 0.3) is 0 Å². The van der Waals surface area contributed by atoms with Crippen molar-refractivity contribution in [2.75, 3.05) is 0 Å². The van der Waals surface area contributed by atoms with E-state index in [1.165, 1.54) is 0 Å². The molecule has 2 aromatic rings. The molecule has 0 radical (unpaired) electrons. The molecule has 0 saturated carbocycles. The maximum atomic E-state index is 9.92. The lowest BCUT2D eigenvalue weighted by atomic mass is 10.0. The number of hydrogen-bond donors (Lipinski definition) is 2. The second kappa shape index (κ2) is 5.89. The Hall–Kier alpha value is -1.81. The molecule has 1 heterocycles. The third-order valence-corrected chi connectivity index (χ3v) is 3.20. The van der Waals surface area contributed by atoms with E-state index in [-0.39, 0.29) is 12.1 Å². The first-order chi connectivity index (χ1) is 9.06. The fourth-order valence-corrected chi connectivity index (χ4v) is 2.28. The minimum atomic E-state index is 0.102. The van der Waals surface area contributed by atoms with Crippen molar-refractivity contribution in [3.05, 3.63) is 47.8 Å². The number of aryl methyl sites for hydroxylation is 1. The minimum absolute atomic E-state index is 0.102. The van der Waals surface area contributed by atoms with Gasteiger partial charge in [0.15, 0.2) is 0 Å². The summed E-state index contributed by atoms with van der Waals surface area (Å²) in [5, 5.41) is 17.6. The summed E-state index contributed by atoms with van der Waals surface area (Å²) < 4.78 is 1.90. The molecule has 0 aliphatic heterocycles. The summed E-state index contributed by atoms with van der Waals surface area (Å²) in [4.78, 5) is 0. The Bertz CT molecular complexity index is 522. The molecule has 2 rings (SSSR count). The van der Waals surface area contributed by atoms with Gasteiger partial charge in [0.1, 0.15) is 5.75 Å². The summed E-state index contributed by atoms with van der Waals surface area (Å²) in [5.41, 5.74) is 2.09. The van der Waals surface area contributed by atoms with Crippen molar-refractivity contribution in [1.29, 1.82) is 0 Å². The van der Waals surface area contributed by atoms with E-state index in [1.807, 2.05) is 36.0 Å². The zero-order valence-corrected chi connectivity index (χ0v) is 11.7. The summed E-state index contributed by atoms with van der Waals surface area (Å²) in [6.07, 6.45) is 3.73. The molecule has 0 saturated heterocycles. The van der Waals surface area contributed by atoms with E-state index in [9.17, 15) is 5.11 Å². The first-order valence-electron chi connectivity index (χ1n) is 6.59. The third-order valence-electron chi connectivity index (χ3n) is 3.20. The number of phenols is 1. The molecule has 0 amide bonds. The smallest absolute Gasteiger partial charge is 0.120 e. The number of phenolic OH excluding ortho intramolecular Hbond substituents is 1. The van der Waals surface area contributed by atoms with E-state index in [2.05, 4.69) is 24.3 Å². The van der Waals surface area contributed by atoms with Crippen molar-refractivity contribution in [3.8, 4) is 5.75 Å². The van der Waals surface area contributed by atoms with Crippen LogP contribution < -0.4 is 5.32 Å². The van der Waals surface area contributed by atoms with Crippen molar-refractivity contribution < 1.29 is 5.11 Å². The highest BCUT2D eigenvalue weighted by Gasteiger charge is 2.13. The molecular formula is C15H21N3O. The molecule has 1 aromatic heterocycles. The van der Waals surface area contributed by atoms with Gasteiger partial charge in [-0.1, -0.05) is 17.7 Å². The monoisotopic (exact) mass is 259 g/mol. The molecular weight excluding hydrogens is 238 g/mol. The standard InChI is InChI=1S/C15H21N3O/c1-11-5-6-15(19)14(9-11)13(3)17-12(2)10-18-8-4-7-16-18/h4-9,12-13,17,19H,10H2,1-3H3. The van der Waals surface area contributed by atoms with Gasteiger partial charge in [-0.25, -0.2) is 0 Å². The van der Waals surface area contributed by atoms with Gasteiger partial charge in [-0.2, -0.15) is 5.10 Å². The number of rotatable bonds is 5. The summed E-state index contributed by atoms with van der Waals surface area (Å²) in [6.45, 7) is 7.02. The molecule has 0 bridgehead atoms. The molecule has 0 spiro atoms. The Balaban J connectivity index is 2.00. The first-order valence-corrected chi connectivity index (χ1v) is 6.59. The fourth-order valence-electron chi connectivity index (χ4n) is 2.28. The number of aromatic hydroxyl groups is 1. The second-order valence-corrected chi connectivity index (χ2v) is 5.08. The van der Waals surface area contributed by atoms with Gasteiger partial charge in [0.05, 0.1) is 6.54 Å². The van der Waals surface area contributed by atoms with Gasteiger partial charge >= 0.3 is 0 Å². The quantitative estimate of drug-likeness (QED) is 0.868. The number of aromatic nitrogens is 2. The summed E-state index contributed by atoms with van der Waals surface area (Å²) in [6, 6.07) is 7.98.